The van der Waals surface area contributed by atoms with Crippen molar-refractivity contribution < 1.29 is 23.3 Å². The summed E-state index contributed by atoms with van der Waals surface area (Å²) in [5.41, 5.74) is 4.17. The largest absolute Gasteiger partial charge is 0.356 e. The molecule has 0 fully saturated rings. The smallest absolute Gasteiger partial charge is 0.261 e. The summed E-state index contributed by atoms with van der Waals surface area (Å²) in [4.78, 5) is 42.3. The molecule has 6 rings (SSSR count). The van der Waals surface area contributed by atoms with Gasteiger partial charge in [0.1, 0.15) is 5.82 Å². The topological polar surface area (TPSA) is 83.7 Å². The lowest BCUT2D eigenvalue weighted by Crippen LogP contribution is -2.36. The maximum atomic E-state index is 13.4. The number of carbonyl (C=O) groups is 3. The van der Waals surface area contributed by atoms with Crippen molar-refractivity contribution >= 4 is 17.7 Å². The normalized spacial score (nSPS) is 14.6. The van der Waals surface area contributed by atoms with Crippen molar-refractivity contribution in [2.75, 3.05) is 13.1 Å². The van der Waals surface area contributed by atoms with E-state index in [0.717, 1.165) is 16.8 Å². The minimum Gasteiger partial charge on any atom is -0.356 e. The summed E-state index contributed by atoms with van der Waals surface area (Å²) in [7, 11) is 0. The van der Waals surface area contributed by atoms with Crippen molar-refractivity contribution in [2.24, 2.45) is 0 Å². The number of imide groups is 1. The van der Waals surface area contributed by atoms with Gasteiger partial charge < -0.3 is 9.42 Å². The fraction of sp³-hybridized carbons (Fsp3) is 0.172. The molecule has 7 nitrogen and oxygen atoms in total. The van der Waals surface area contributed by atoms with E-state index in [-0.39, 0.29) is 42.2 Å². The molecule has 2 aliphatic rings. The molecule has 4 aromatic rings. The molecule has 0 radical (unpaired) electrons. The first-order valence-electron chi connectivity index (χ1n) is 12.1. The van der Waals surface area contributed by atoms with Gasteiger partial charge in [0.05, 0.1) is 23.4 Å². The van der Waals surface area contributed by atoms with Crippen LogP contribution in [0.25, 0.3) is 11.3 Å². The highest BCUT2D eigenvalue weighted by Gasteiger charge is 2.36. The molecule has 0 unspecified atom stereocenters. The molecule has 184 valence electrons. The Balaban J connectivity index is 1.21. The van der Waals surface area contributed by atoms with E-state index in [1.54, 1.807) is 29.2 Å². The Morgan fingerprint density at radius 3 is 2.49 bits per heavy atom. The Hall–Kier alpha value is -4.59. The third kappa shape index (κ3) is 4.10. The predicted molar refractivity (Wildman–Crippen MR) is 132 cm³/mol. The molecule has 0 saturated carbocycles. The van der Waals surface area contributed by atoms with Crippen LogP contribution in [0.5, 0.6) is 0 Å². The van der Waals surface area contributed by atoms with Gasteiger partial charge in [-0.3, -0.25) is 19.3 Å². The Kier molecular flexibility index (Phi) is 5.64. The van der Waals surface area contributed by atoms with Crippen LogP contribution in [0.4, 0.5) is 4.39 Å². The van der Waals surface area contributed by atoms with Gasteiger partial charge >= 0.3 is 0 Å². The number of nitrogens with zero attached hydrogens (tertiary/aromatic N) is 3. The maximum Gasteiger partial charge on any atom is 0.261 e. The van der Waals surface area contributed by atoms with Gasteiger partial charge in [0.15, 0.2) is 5.76 Å². The number of amides is 3. The Morgan fingerprint density at radius 1 is 0.946 bits per heavy atom. The van der Waals surface area contributed by atoms with Crippen molar-refractivity contribution in [3.8, 4) is 11.3 Å². The number of rotatable bonds is 5. The second-order valence-electron chi connectivity index (χ2n) is 9.18. The molecular weight excluding hydrogens is 473 g/mol. The molecule has 1 aromatic heterocycles. The van der Waals surface area contributed by atoms with Gasteiger partial charge in [-0.15, -0.1) is 0 Å². The van der Waals surface area contributed by atoms with E-state index in [9.17, 15) is 18.8 Å². The highest BCUT2D eigenvalue weighted by atomic mass is 19.1. The van der Waals surface area contributed by atoms with Crippen molar-refractivity contribution in [1.29, 1.82) is 0 Å². The first kappa shape index (κ1) is 22.8. The molecule has 0 saturated heterocycles. The first-order chi connectivity index (χ1) is 18.0. The van der Waals surface area contributed by atoms with Crippen LogP contribution in [0.15, 0.2) is 77.3 Å². The van der Waals surface area contributed by atoms with Crippen LogP contribution in [0, 0.1) is 5.82 Å². The number of halogens is 1. The zero-order valence-electron chi connectivity index (χ0n) is 19.8. The quantitative estimate of drug-likeness (QED) is 0.380. The third-order valence-corrected chi connectivity index (χ3v) is 6.92. The van der Waals surface area contributed by atoms with Crippen molar-refractivity contribution in [3.63, 3.8) is 0 Å². The zero-order chi connectivity index (χ0) is 25.5. The summed E-state index contributed by atoms with van der Waals surface area (Å²) < 4.78 is 18.9. The van der Waals surface area contributed by atoms with Gasteiger partial charge in [-0.05, 0) is 54.4 Å². The van der Waals surface area contributed by atoms with Gasteiger partial charge in [-0.1, -0.05) is 35.5 Å². The molecule has 3 heterocycles. The number of hydrogen-bond donors (Lipinski definition) is 0. The van der Waals surface area contributed by atoms with Crippen LogP contribution >= 0.6 is 0 Å². The molecule has 37 heavy (non-hydrogen) atoms. The molecule has 8 heteroatoms. The first-order valence-corrected chi connectivity index (χ1v) is 12.1. The van der Waals surface area contributed by atoms with E-state index in [0.29, 0.717) is 41.8 Å². The van der Waals surface area contributed by atoms with Crippen LogP contribution in [0.1, 0.15) is 47.9 Å². The summed E-state index contributed by atoms with van der Waals surface area (Å²) in [6.45, 7) is 0.986. The van der Waals surface area contributed by atoms with Gasteiger partial charge in [0.2, 0.25) is 0 Å². The minimum atomic E-state index is -0.385. The fourth-order valence-electron chi connectivity index (χ4n) is 4.91. The second kappa shape index (κ2) is 9.13. The minimum absolute atomic E-state index is 0.248. The standard InChI is InChI=1S/C29H22FN3O4/c30-21-9-6-19(7-10-21)26-24-17-32(14-13-25(24)31-37-26)27(34)20-8-11-22-23(16-20)29(36)33(28(22)35)15-12-18-4-2-1-3-5-18/h1-11,16H,12-15,17H2. The third-order valence-electron chi connectivity index (χ3n) is 6.92. The summed E-state index contributed by atoms with van der Waals surface area (Å²) >= 11 is 0. The molecule has 3 amide bonds. The van der Waals surface area contributed by atoms with E-state index in [4.69, 9.17) is 4.52 Å². The average molecular weight is 496 g/mol. The van der Waals surface area contributed by atoms with Gasteiger partial charge in [-0.2, -0.15) is 0 Å². The Labute approximate surface area is 212 Å². The summed E-state index contributed by atoms with van der Waals surface area (Å²) in [6.07, 6.45) is 1.07. The lowest BCUT2D eigenvalue weighted by atomic mass is 10.00. The Morgan fingerprint density at radius 2 is 1.70 bits per heavy atom. The average Bonchev–Trinajstić information content (AvgIpc) is 3.46. The van der Waals surface area contributed by atoms with Crippen LogP contribution < -0.4 is 0 Å². The van der Waals surface area contributed by atoms with Gasteiger partial charge in [-0.25, -0.2) is 4.39 Å². The molecule has 0 spiro atoms. The molecule has 0 N–H and O–H groups in total. The van der Waals surface area contributed by atoms with E-state index >= 15 is 0 Å². The number of carbonyl (C=O) groups excluding carboxylic acids is 3. The summed E-state index contributed by atoms with van der Waals surface area (Å²) in [5.74, 6) is -0.814. The summed E-state index contributed by atoms with van der Waals surface area (Å²) in [6, 6.07) is 20.3. The predicted octanol–water partition coefficient (Wildman–Crippen LogP) is 4.52. The van der Waals surface area contributed by atoms with Crippen LogP contribution in [0.3, 0.4) is 0 Å². The lowest BCUT2D eigenvalue weighted by molar-refractivity contribution is 0.0655. The van der Waals surface area contributed by atoms with E-state index in [2.05, 4.69) is 5.16 Å². The monoisotopic (exact) mass is 495 g/mol. The van der Waals surface area contributed by atoms with Crippen LogP contribution in [-0.4, -0.2) is 45.8 Å². The van der Waals surface area contributed by atoms with Gasteiger partial charge in [0, 0.05) is 36.2 Å². The van der Waals surface area contributed by atoms with Crippen LogP contribution in [-0.2, 0) is 19.4 Å². The second-order valence-corrected chi connectivity index (χ2v) is 9.18. The van der Waals surface area contributed by atoms with Crippen molar-refractivity contribution in [2.45, 2.75) is 19.4 Å². The lowest BCUT2D eigenvalue weighted by Gasteiger charge is -2.26. The van der Waals surface area contributed by atoms with Crippen LogP contribution in [0.2, 0.25) is 0 Å². The SMILES string of the molecule is O=C(c1ccc2c(c1)C(=O)N(CCc1ccccc1)C2=O)N1CCc2noc(-c3ccc(F)cc3)c2C1. The number of benzene rings is 3. The summed E-state index contributed by atoms with van der Waals surface area (Å²) in [5, 5.41) is 4.14. The molecule has 2 aliphatic heterocycles. The van der Waals surface area contributed by atoms with Crippen molar-refractivity contribution in [3.05, 3.63) is 112 Å². The molecule has 0 bridgehead atoms. The molecule has 0 atom stereocenters. The highest BCUT2D eigenvalue weighted by molar-refractivity contribution is 6.22. The van der Waals surface area contributed by atoms with E-state index in [1.165, 1.54) is 23.1 Å². The number of aromatic nitrogens is 1. The van der Waals surface area contributed by atoms with Crippen molar-refractivity contribution in [1.82, 2.24) is 15.0 Å². The molecule has 0 aliphatic carbocycles. The number of fused-ring (bicyclic) bond motifs is 2. The molecular formula is C29H22FN3O4. The zero-order valence-corrected chi connectivity index (χ0v) is 19.8. The fourth-order valence-corrected chi connectivity index (χ4v) is 4.91. The number of hydrogen-bond acceptors (Lipinski definition) is 5. The van der Waals surface area contributed by atoms with Gasteiger partial charge in [0.25, 0.3) is 17.7 Å². The van der Waals surface area contributed by atoms with E-state index < -0.39 is 0 Å². The molecule has 3 aromatic carbocycles. The Bertz CT molecular complexity index is 1530. The highest BCUT2D eigenvalue weighted by Crippen LogP contribution is 2.32. The van der Waals surface area contributed by atoms with E-state index in [1.807, 2.05) is 30.3 Å². The maximum absolute atomic E-state index is 13.4.